The molecule has 0 radical (unpaired) electrons. The fraction of sp³-hybridized carbons (Fsp3) is 0.571. The lowest BCUT2D eigenvalue weighted by atomic mass is 10.7. The van der Waals surface area contributed by atoms with Crippen molar-refractivity contribution in [3.8, 4) is 0 Å². The lowest BCUT2D eigenvalue weighted by molar-refractivity contribution is 0.665. The molecule has 0 fully saturated rings. The van der Waals surface area contributed by atoms with Crippen LogP contribution in [0.1, 0.15) is 0 Å². The second-order valence-electron chi connectivity index (χ2n) is 3.46. The van der Waals surface area contributed by atoms with Crippen molar-refractivity contribution in [2.75, 3.05) is 6.29 Å². The third kappa shape index (κ3) is 1.96. The van der Waals surface area contributed by atoms with Crippen LogP contribution in [0.15, 0.2) is 12.3 Å². The van der Waals surface area contributed by atoms with E-state index in [4.69, 9.17) is 0 Å². The summed E-state index contributed by atoms with van der Waals surface area (Å²) in [5.74, 6) is 2.20. The number of nitrogens with zero attached hydrogens (tertiary/aromatic N) is 1. The lowest BCUT2D eigenvalue weighted by Crippen LogP contribution is -2.41. The molecule has 56 valence electrons. The van der Waals surface area contributed by atoms with Gasteiger partial charge in [0.1, 0.15) is 8.24 Å². The van der Waals surface area contributed by atoms with Crippen molar-refractivity contribution in [2.45, 2.75) is 19.6 Å². The van der Waals surface area contributed by atoms with Gasteiger partial charge in [-0.15, -0.1) is 0 Å². The highest BCUT2D eigenvalue weighted by molar-refractivity contribution is 7.39. The van der Waals surface area contributed by atoms with Gasteiger partial charge < -0.3 is 4.57 Å². The quantitative estimate of drug-likeness (QED) is 0.432. The lowest BCUT2D eigenvalue weighted by Gasteiger charge is -2.32. The summed E-state index contributed by atoms with van der Waals surface area (Å²) in [5, 5.41) is 0. The van der Waals surface area contributed by atoms with E-state index in [1.165, 1.54) is 14.5 Å². The molecule has 1 heterocycles. The Morgan fingerprint density at radius 2 is 2.10 bits per heavy atom. The van der Waals surface area contributed by atoms with Crippen LogP contribution in [0.5, 0.6) is 0 Å². The minimum atomic E-state index is -1.04. The van der Waals surface area contributed by atoms with Crippen LogP contribution in [0.2, 0.25) is 19.6 Å². The van der Waals surface area contributed by atoms with Crippen molar-refractivity contribution in [3.05, 3.63) is 12.3 Å². The zero-order chi connectivity index (χ0) is 7.61. The zero-order valence-electron chi connectivity index (χ0n) is 6.83. The van der Waals surface area contributed by atoms with Crippen LogP contribution in [-0.2, 0) is 0 Å². The van der Waals surface area contributed by atoms with Crippen molar-refractivity contribution in [1.82, 2.24) is 4.57 Å². The Bertz CT molecular complexity index is 169. The first-order chi connectivity index (χ1) is 4.61. The first-order valence-electron chi connectivity index (χ1n) is 3.54. The molecule has 0 atom stereocenters. The maximum atomic E-state index is 2.49. The molecule has 0 aromatic rings. The SMILES string of the molecule is C[Si](C)(C)N1C=CC=PC1. The molecule has 1 aliphatic heterocycles. The predicted octanol–water partition coefficient (Wildman–Crippen LogP) is 2.36. The molecular formula is C7H14NPSi. The van der Waals surface area contributed by atoms with Gasteiger partial charge in [-0.1, -0.05) is 27.8 Å². The van der Waals surface area contributed by atoms with Gasteiger partial charge in [-0.3, -0.25) is 0 Å². The molecule has 0 aliphatic carbocycles. The molecule has 3 heteroatoms. The molecule has 10 heavy (non-hydrogen) atoms. The van der Waals surface area contributed by atoms with Crippen molar-refractivity contribution >= 4 is 22.2 Å². The molecule has 0 N–H and O–H groups in total. The van der Waals surface area contributed by atoms with Crippen LogP contribution in [0.4, 0.5) is 0 Å². The van der Waals surface area contributed by atoms with Crippen LogP contribution in [0.25, 0.3) is 0 Å². The van der Waals surface area contributed by atoms with Crippen LogP contribution in [0.3, 0.4) is 0 Å². The van der Waals surface area contributed by atoms with Gasteiger partial charge in [0.15, 0.2) is 0 Å². The highest BCUT2D eigenvalue weighted by atomic mass is 31.1. The van der Waals surface area contributed by atoms with Crippen LogP contribution in [-0.4, -0.2) is 24.9 Å². The third-order valence-corrected chi connectivity index (χ3v) is 4.70. The van der Waals surface area contributed by atoms with Crippen molar-refractivity contribution in [2.24, 2.45) is 0 Å². The van der Waals surface area contributed by atoms with Gasteiger partial charge in [0.25, 0.3) is 0 Å². The van der Waals surface area contributed by atoms with E-state index < -0.39 is 8.24 Å². The summed E-state index contributed by atoms with van der Waals surface area (Å²) < 4.78 is 2.49. The summed E-state index contributed by atoms with van der Waals surface area (Å²) in [6, 6.07) is 0. The predicted molar refractivity (Wildman–Crippen MR) is 52.2 cm³/mol. The molecule has 0 bridgehead atoms. The summed E-state index contributed by atoms with van der Waals surface area (Å²) in [7, 11) is 0.405. The molecule has 0 saturated carbocycles. The zero-order valence-corrected chi connectivity index (χ0v) is 8.73. The van der Waals surface area contributed by atoms with Gasteiger partial charge in [0.05, 0.1) is 6.29 Å². The summed E-state index contributed by atoms with van der Waals surface area (Å²) >= 11 is 0. The third-order valence-electron chi connectivity index (χ3n) is 1.55. The van der Waals surface area contributed by atoms with Gasteiger partial charge >= 0.3 is 0 Å². The summed E-state index contributed by atoms with van der Waals surface area (Å²) in [6.07, 6.45) is 5.58. The summed E-state index contributed by atoms with van der Waals surface area (Å²) in [5.41, 5.74) is 0. The van der Waals surface area contributed by atoms with Gasteiger partial charge in [-0.05, 0) is 18.1 Å². The molecular weight excluding hydrogens is 157 g/mol. The molecule has 0 aromatic carbocycles. The molecule has 0 spiro atoms. The Hall–Kier alpha value is -0.0731. The van der Waals surface area contributed by atoms with Gasteiger partial charge in [-0.25, -0.2) is 0 Å². The maximum absolute atomic E-state index is 2.49. The van der Waals surface area contributed by atoms with E-state index in [-0.39, 0.29) is 0 Å². The average Bonchev–Trinajstić information content (AvgIpc) is 1.88. The topological polar surface area (TPSA) is 3.24 Å². The van der Waals surface area contributed by atoms with Crippen molar-refractivity contribution in [3.63, 3.8) is 0 Å². The number of rotatable bonds is 1. The van der Waals surface area contributed by atoms with E-state index in [1.54, 1.807) is 0 Å². The smallest absolute Gasteiger partial charge is 0.147 e. The minimum absolute atomic E-state index is 1.04. The molecule has 1 aliphatic rings. The van der Waals surface area contributed by atoms with E-state index in [2.05, 4.69) is 42.3 Å². The monoisotopic (exact) mass is 171 g/mol. The molecule has 0 amide bonds. The van der Waals surface area contributed by atoms with Crippen LogP contribution < -0.4 is 0 Å². The van der Waals surface area contributed by atoms with Crippen molar-refractivity contribution < 1.29 is 0 Å². The van der Waals surface area contributed by atoms with Crippen LogP contribution in [0, 0.1) is 0 Å². The fourth-order valence-corrected chi connectivity index (χ4v) is 3.86. The highest BCUT2D eigenvalue weighted by Crippen LogP contribution is 2.16. The highest BCUT2D eigenvalue weighted by Gasteiger charge is 2.20. The number of hydrogen-bond donors (Lipinski definition) is 0. The second kappa shape index (κ2) is 2.89. The van der Waals surface area contributed by atoms with Crippen molar-refractivity contribution in [1.29, 1.82) is 0 Å². The Balaban J connectivity index is 2.60. The molecule has 0 unspecified atom stereocenters. The largest absolute Gasteiger partial charge is 0.396 e. The van der Waals surface area contributed by atoms with Gasteiger partial charge in [0.2, 0.25) is 0 Å². The van der Waals surface area contributed by atoms with E-state index in [1.807, 2.05) is 0 Å². The normalized spacial score (nSPS) is 19.7. The molecule has 0 aromatic heterocycles. The summed E-state index contributed by atoms with van der Waals surface area (Å²) in [4.78, 5) is 0. The molecule has 0 saturated heterocycles. The van der Waals surface area contributed by atoms with Crippen LogP contribution >= 0.6 is 8.20 Å². The van der Waals surface area contributed by atoms with E-state index in [0.29, 0.717) is 0 Å². The Morgan fingerprint density at radius 1 is 1.40 bits per heavy atom. The minimum Gasteiger partial charge on any atom is -0.396 e. The Labute approximate surface area is 65.6 Å². The maximum Gasteiger partial charge on any atom is 0.147 e. The standard InChI is InChI=1S/C7H14NPSi/c1-10(2,3)8-5-4-6-9-7-8/h4-6H,7H2,1-3H3. The van der Waals surface area contributed by atoms with Gasteiger partial charge in [-0.2, -0.15) is 0 Å². The first kappa shape index (κ1) is 8.03. The molecule has 1 rings (SSSR count). The van der Waals surface area contributed by atoms with E-state index in [9.17, 15) is 0 Å². The van der Waals surface area contributed by atoms with E-state index >= 15 is 0 Å². The number of allylic oxidation sites excluding steroid dienone is 1. The Kier molecular flexibility index (Phi) is 2.32. The number of hydrogen-bond acceptors (Lipinski definition) is 1. The van der Waals surface area contributed by atoms with E-state index in [0.717, 1.165) is 0 Å². The first-order valence-corrected chi connectivity index (χ1v) is 8.14. The van der Waals surface area contributed by atoms with Gasteiger partial charge in [0, 0.05) is 0 Å². The fourth-order valence-electron chi connectivity index (χ4n) is 0.821. The second-order valence-corrected chi connectivity index (χ2v) is 9.32. The summed E-state index contributed by atoms with van der Waals surface area (Å²) in [6.45, 7) is 7.12. The Morgan fingerprint density at radius 3 is 2.40 bits per heavy atom. The molecule has 1 nitrogen and oxygen atoms in total. The average molecular weight is 171 g/mol.